The van der Waals surface area contributed by atoms with Crippen molar-refractivity contribution >= 4 is 27.3 Å². The van der Waals surface area contributed by atoms with Gasteiger partial charge in [-0.05, 0) is 54.1 Å². The van der Waals surface area contributed by atoms with Crippen molar-refractivity contribution in [3.8, 4) is 0 Å². The van der Waals surface area contributed by atoms with Crippen LogP contribution in [0.1, 0.15) is 45.4 Å². The summed E-state index contributed by atoms with van der Waals surface area (Å²) in [6.07, 6.45) is 2.39. The van der Waals surface area contributed by atoms with Crippen LogP contribution in [-0.2, 0) is 6.54 Å². The molecule has 19 heavy (non-hydrogen) atoms. The molecule has 0 saturated carbocycles. The Balaban J connectivity index is 2.17. The largest absolute Gasteiger partial charge is 0.308 e. The van der Waals surface area contributed by atoms with Gasteiger partial charge in [-0.2, -0.15) is 0 Å². The fourth-order valence-electron chi connectivity index (χ4n) is 2.76. The minimum absolute atomic E-state index is 0.220. The number of halogens is 1. The van der Waals surface area contributed by atoms with Gasteiger partial charge in [-0.1, -0.05) is 13.8 Å². The number of piperazine rings is 1. The van der Waals surface area contributed by atoms with E-state index in [0.29, 0.717) is 5.54 Å². The Morgan fingerprint density at radius 3 is 2.58 bits per heavy atom. The summed E-state index contributed by atoms with van der Waals surface area (Å²) in [7, 11) is 0. The zero-order valence-corrected chi connectivity index (χ0v) is 14.8. The third kappa shape index (κ3) is 3.23. The van der Waals surface area contributed by atoms with E-state index in [2.05, 4.69) is 65.3 Å². The summed E-state index contributed by atoms with van der Waals surface area (Å²) >= 11 is 5.51. The normalized spacial score (nSPS) is 22.6. The summed E-state index contributed by atoms with van der Waals surface area (Å²) in [6, 6.07) is 2.15. The van der Waals surface area contributed by atoms with Gasteiger partial charge in [-0.25, -0.2) is 0 Å². The number of hydrogen-bond acceptors (Lipinski definition) is 3. The average Bonchev–Trinajstić information content (AvgIpc) is 2.78. The first-order valence-corrected chi connectivity index (χ1v) is 8.82. The Bertz CT molecular complexity index is 424. The van der Waals surface area contributed by atoms with Crippen molar-refractivity contribution in [2.45, 2.75) is 58.2 Å². The molecular formula is C15H25BrN2S. The summed E-state index contributed by atoms with van der Waals surface area (Å²) in [4.78, 5) is 4.09. The van der Waals surface area contributed by atoms with Crippen LogP contribution in [-0.4, -0.2) is 29.1 Å². The third-order valence-corrected chi connectivity index (χ3v) is 6.54. The van der Waals surface area contributed by atoms with Crippen molar-refractivity contribution in [2.75, 3.05) is 13.1 Å². The Morgan fingerprint density at radius 1 is 1.37 bits per heavy atom. The first-order chi connectivity index (χ1) is 8.92. The van der Waals surface area contributed by atoms with E-state index in [9.17, 15) is 0 Å². The van der Waals surface area contributed by atoms with Gasteiger partial charge < -0.3 is 5.32 Å². The molecule has 1 aliphatic heterocycles. The molecule has 1 aromatic heterocycles. The minimum Gasteiger partial charge on any atom is -0.308 e. The second kappa shape index (κ2) is 5.84. The summed E-state index contributed by atoms with van der Waals surface area (Å²) in [5.41, 5.74) is 0.510. The van der Waals surface area contributed by atoms with Gasteiger partial charge in [0.05, 0.1) is 0 Å². The minimum atomic E-state index is 0.220. The molecule has 0 bridgehead atoms. The van der Waals surface area contributed by atoms with Crippen molar-refractivity contribution < 1.29 is 0 Å². The van der Waals surface area contributed by atoms with Crippen LogP contribution >= 0.6 is 27.3 Å². The second-order valence-corrected chi connectivity index (χ2v) is 8.06. The van der Waals surface area contributed by atoms with E-state index in [1.807, 2.05) is 11.3 Å². The smallest absolute Gasteiger partial charge is 0.0345 e. The summed E-state index contributed by atoms with van der Waals surface area (Å²) in [5.74, 6) is 0. The highest BCUT2D eigenvalue weighted by Crippen LogP contribution is 2.32. The monoisotopic (exact) mass is 344 g/mol. The Kier molecular flexibility index (Phi) is 4.76. The quantitative estimate of drug-likeness (QED) is 0.877. The maximum absolute atomic E-state index is 3.80. The lowest BCUT2D eigenvalue weighted by molar-refractivity contribution is 0.0168. The molecule has 0 spiro atoms. The van der Waals surface area contributed by atoms with E-state index >= 15 is 0 Å². The number of hydrogen-bond donors (Lipinski definition) is 1. The van der Waals surface area contributed by atoms with Crippen molar-refractivity contribution in [1.29, 1.82) is 0 Å². The summed E-state index contributed by atoms with van der Waals surface area (Å²) < 4.78 is 1.26. The molecule has 1 aromatic rings. The van der Waals surface area contributed by atoms with Crippen LogP contribution in [0.15, 0.2) is 15.9 Å². The van der Waals surface area contributed by atoms with E-state index in [1.165, 1.54) is 22.2 Å². The second-order valence-electron chi connectivity index (χ2n) is 6.20. The predicted molar refractivity (Wildman–Crippen MR) is 87.8 cm³/mol. The predicted octanol–water partition coefficient (Wildman–Crippen LogP) is 4.25. The highest BCUT2D eigenvalue weighted by molar-refractivity contribution is 9.10. The molecule has 0 atom stereocenters. The topological polar surface area (TPSA) is 15.3 Å². The molecule has 1 N–H and O–H groups in total. The van der Waals surface area contributed by atoms with Crippen molar-refractivity contribution in [3.63, 3.8) is 0 Å². The summed E-state index contributed by atoms with van der Waals surface area (Å²) in [5, 5.41) is 5.96. The molecule has 1 saturated heterocycles. The van der Waals surface area contributed by atoms with Crippen molar-refractivity contribution in [2.24, 2.45) is 0 Å². The lowest BCUT2D eigenvalue weighted by Crippen LogP contribution is -2.67. The van der Waals surface area contributed by atoms with E-state index in [-0.39, 0.29) is 5.54 Å². The SMILES string of the molecule is CCC1(CC)CN(Cc2sccc2Br)C(C)(C)CN1. The molecule has 0 amide bonds. The molecule has 2 rings (SSSR count). The molecule has 0 aliphatic carbocycles. The first kappa shape index (κ1) is 15.5. The van der Waals surface area contributed by atoms with Gasteiger partial charge in [0.1, 0.15) is 0 Å². The third-order valence-electron chi connectivity index (χ3n) is 4.62. The zero-order chi connectivity index (χ0) is 14.1. The highest BCUT2D eigenvalue weighted by Gasteiger charge is 2.40. The molecular weight excluding hydrogens is 320 g/mol. The fourth-order valence-corrected chi connectivity index (χ4v) is 4.25. The van der Waals surface area contributed by atoms with Crippen LogP contribution in [0.5, 0.6) is 0 Å². The number of thiophene rings is 1. The van der Waals surface area contributed by atoms with Gasteiger partial charge in [0.2, 0.25) is 0 Å². The fraction of sp³-hybridized carbons (Fsp3) is 0.733. The van der Waals surface area contributed by atoms with Crippen LogP contribution < -0.4 is 5.32 Å². The average molecular weight is 345 g/mol. The maximum atomic E-state index is 3.80. The lowest BCUT2D eigenvalue weighted by atomic mass is 9.85. The number of nitrogens with zero attached hydrogens (tertiary/aromatic N) is 1. The van der Waals surface area contributed by atoms with Gasteiger partial charge in [-0.15, -0.1) is 11.3 Å². The van der Waals surface area contributed by atoms with Crippen molar-refractivity contribution in [3.05, 3.63) is 20.8 Å². The number of nitrogens with one attached hydrogen (secondary N) is 1. The lowest BCUT2D eigenvalue weighted by Gasteiger charge is -2.52. The van der Waals surface area contributed by atoms with Crippen LogP contribution in [0, 0.1) is 0 Å². The highest BCUT2D eigenvalue weighted by atomic mass is 79.9. The number of rotatable bonds is 4. The maximum Gasteiger partial charge on any atom is 0.0345 e. The van der Waals surface area contributed by atoms with Gasteiger partial charge in [0, 0.05) is 40.1 Å². The van der Waals surface area contributed by atoms with Gasteiger partial charge >= 0.3 is 0 Å². The summed E-state index contributed by atoms with van der Waals surface area (Å²) in [6.45, 7) is 12.5. The Labute approximate surface area is 129 Å². The van der Waals surface area contributed by atoms with Gasteiger partial charge in [0.15, 0.2) is 0 Å². The Hall–Kier alpha value is 0.1000. The van der Waals surface area contributed by atoms with E-state index in [1.54, 1.807) is 0 Å². The molecule has 1 aliphatic rings. The molecule has 2 nitrogen and oxygen atoms in total. The van der Waals surface area contributed by atoms with Gasteiger partial charge in [0.25, 0.3) is 0 Å². The van der Waals surface area contributed by atoms with Gasteiger partial charge in [-0.3, -0.25) is 4.90 Å². The molecule has 1 fully saturated rings. The zero-order valence-electron chi connectivity index (χ0n) is 12.4. The first-order valence-electron chi connectivity index (χ1n) is 7.14. The van der Waals surface area contributed by atoms with Crippen molar-refractivity contribution in [1.82, 2.24) is 10.2 Å². The molecule has 0 radical (unpaired) electrons. The van der Waals surface area contributed by atoms with E-state index in [4.69, 9.17) is 0 Å². The molecule has 108 valence electrons. The molecule has 2 heterocycles. The van der Waals surface area contributed by atoms with Crippen LogP contribution in [0.3, 0.4) is 0 Å². The molecule has 0 aromatic carbocycles. The molecule has 4 heteroatoms. The van der Waals surface area contributed by atoms with Crippen LogP contribution in [0.4, 0.5) is 0 Å². The van der Waals surface area contributed by atoms with E-state index < -0.39 is 0 Å². The molecule has 0 unspecified atom stereocenters. The Morgan fingerprint density at radius 2 is 2.05 bits per heavy atom. The standard InChI is InChI=1S/C15H25BrN2S/c1-5-15(6-2)11-18(14(3,4)10-17-15)9-13-12(16)7-8-19-13/h7-8,17H,5-6,9-11H2,1-4H3. The van der Waals surface area contributed by atoms with Crippen LogP contribution in [0.25, 0.3) is 0 Å². The van der Waals surface area contributed by atoms with Crippen LogP contribution in [0.2, 0.25) is 0 Å². The van der Waals surface area contributed by atoms with E-state index in [0.717, 1.165) is 19.6 Å².